The lowest BCUT2D eigenvalue weighted by Gasteiger charge is -2.18. The molecule has 0 fully saturated rings. The van der Waals surface area contributed by atoms with Gasteiger partial charge in [0.1, 0.15) is 6.61 Å². The number of thiazole rings is 1. The molecule has 0 unspecified atom stereocenters. The first-order valence-corrected chi connectivity index (χ1v) is 5.36. The molecule has 0 aromatic carbocycles. The number of rotatable bonds is 0. The van der Waals surface area contributed by atoms with Gasteiger partial charge < -0.3 is 0 Å². The van der Waals surface area contributed by atoms with Gasteiger partial charge in [-0.3, -0.25) is 4.84 Å². The highest BCUT2D eigenvalue weighted by atomic mass is 32.1. The van der Waals surface area contributed by atoms with Crippen LogP contribution in [0.2, 0.25) is 0 Å². The Kier molecular flexibility index (Phi) is 2.62. The minimum absolute atomic E-state index is 0.635. The number of fused-ring (bicyclic) bond motifs is 1. The van der Waals surface area contributed by atoms with Gasteiger partial charge in [-0.25, -0.2) is 4.98 Å². The number of hydroxylamine groups is 2. The van der Waals surface area contributed by atoms with Crippen LogP contribution in [0.3, 0.4) is 0 Å². The van der Waals surface area contributed by atoms with Crippen LogP contribution in [0.5, 0.6) is 0 Å². The van der Waals surface area contributed by atoms with Gasteiger partial charge in [0, 0.05) is 18.5 Å². The molecule has 0 saturated carbocycles. The Hall–Kier alpha value is -0.450. The molecule has 4 heteroatoms. The van der Waals surface area contributed by atoms with Gasteiger partial charge in [0.05, 0.1) is 10.7 Å². The molecule has 0 radical (unpaired) electrons. The molecule has 2 heterocycles. The molecule has 0 atom stereocenters. The van der Waals surface area contributed by atoms with E-state index in [1.165, 1.54) is 4.88 Å². The molecule has 3 nitrogen and oxygen atoms in total. The number of hydrogen-bond acceptors (Lipinski definition) is 4. The quantitative estimate of drug-likeness (QED) is 0.635. The van der Waals surface area contributed by atoms with Crippen molar-refractivity contribution in [1.82, 2.24) is 10.0 Å². The zero-order valence-corrected chi connectivity index (χ0v) is 8.86. The first kappa shape index (κ1) is 9.12. The van der Waals surface area contributed by atoms with Crippen molar-refractivity contribution in [2.75, 3.05) is 13.6 Å². The van der Waals surface area contributed by atoms with Crippen molar-refractivity contribution in [3.63, 3.8) is 0 Å². The normalized spacial score (nSPS) is 19.2. The molecule has 1 aromatic rings. The first-order valence-electron chi connectivity index (χ1n) is 4.55. The molecule has 0 bridgehead atoms. The molecule has 0 aliphatic carbocycles. The second-order valence-corrected chi connectivity index (χ2v) is 4.62. The maximum absolute atomic E-state index is 5.50. The van der Waals surface area contributed by atoms with Crippen LogP contribution in [0.15, 0.2) is 0 Å². The van der Waals surface area contributed by atoms with Crippen LogP contribution in [0, 0.1) is 6.92 Å². The third-order valence-electron chi connectivity index (χ3n) is 2.18. The fraction of sp³-hybridized carbons (Fsp3) is 0.667. The third kappa shape index (κ3) is 2.07. The van der Waals surface area contributed by atoms with Crippen molar-refractivity contribution in [1.29, 1.82) is 0 Å². The van der Waals surface area contributed by atoms with E-state index in [1.54, 1.807) is 11.3 Å². The van der Waals surface area contributed by atoms with Crippen molar-refractivity contribution in [3.05, 3.63) is 15.6 Å². The third-order valence-corrected chi connectivity index (χ3v) is 3.26. The van der Waals surface area contributed by atoms with Gasteiger partial charge in [-0.1, -0.05) is 0 Å². The van der Waals surface area contributed by atoms with Crippen LogP contribution in [-0.2, 0) is 17.9 Å². The summed E-state index contributed by atoms with van der Waals surface area (Å²) in [6.45, 7) is 3.70. The highest BCUT2D eigenvalue weighted by molar-refractivity contribution is 7.11. The Bertz CT molecular complexity index is 298. The Labute approximate surface area is 82.3 Å². The van der Waals surface area contributed by atoms with E-state index in [9.17, 15) is 0 Å². The largest absolute Gasteiger partial charge is 0.293 e. The average molecular weight is 198 g/mol. The summed E-state index contributed by atoms with van der Waals surface area (Å²) in [7, 11) is 1.98. The lowest BCUT2D eigenvalue weighted by molar-refractivity contribution is -0.153. The van der Waals surface area contributed by atoms with Crippen LogP contribution >= 0.6 is 11.3 Å². The van der Waals surface area contributed by atoms with E-state index in [4.69, 9.17) is 4.84 Å². The maximum Gasteiger partial charge on any atom is 0.112 e. The predicted octanol–water partition coefficient (Wildman–Crippen LogP) is 1.76. The topological polar surface area (TPSA) is 25.4 Å². The lowest BCUT2D eigenvalue weighted by atomic mass is 10.2. The summed E-state index contributed by atoms with van der Waals surface area (Å²) < 4.78 is 0. The van der Waals surface area contributed by atoms with Crippen molar-refractivity contribution in [2.45, 2.75) is 26.4 Å². The molecule has 1 aromatic heterocycles. The van der Waals surface area contributed by atoms with Crippen LogP contribution in [-0.4, -0.2) is 23.6 Å². The van der Waals surface area contributed by atoms with E-state index in [-0.39, 0.29) is 0 Å². The summed E-state index contributed by atoms with van der Waals surface area (Å²) in [4.78, 5) is 11.4. The van der Waals surface area contributed by atoms with E-state index >= 15 is 0 Å². The number of nitrogens with zero attached hydrogens (tertiary/aromatic N) is 2. The molecule has 1 aliphatic heterocycles. The Morgan fingerprint density at radius 1 is 1.54 bits per heavy atom. The fourth-order valence-electron chi connectivity index (χ4n) is 1.52. The molecule has 0 saturated heterocycles. The van der Waals surface area contributed by atoms with E-state index < -0.39 is 0 Å². The summed E-state index contributed by atoms with van der Waals surface area (Å²) in [6.07, 6.45) is 2.31. The van der Waals surface area contributed by atoms with E-state index in [0.717, 1.165) is 30.1 Å². The molecule has 0 amide bonds. The van der Waals surface area contributed by atoms with Crippen LogP contribution < -0.4 is 0 Å². The molecular weight excluding hydrogens is 184 g/mol. The SMILES string of the molecule is Cc1nc2c(s1)CCCN(C)OC2. The summed E-state index contributed by atoms with van der Waals surface area (Å²) in [6, 6.07) is 0. The Balaban J connectivity index is 2.19. The van der Waals surface area contributed by atoms with Crippen molar-refractivity contribution < 1.29 is 4.84 Å². The van der Waals surface area contributed by atoms with Crippen LogP contribution in [0.1, 0.15) is 22.0 Å². The molecule has 0 N–H and O–H groups in total. The number of aryl methyl sites for hydroxylation is 2. The van der Waals surface area contributed by atoms with Gasteiger partial charge in [0.2, 0.25) is 0 Å². The highest BCUT2D eigenvalue weighted by Crippen LogP contribution is 2.22. The molecule has 13 heavy (non-hydrogen) atoms. The zero-order chi connectivity index (χ0) is 9.26. The standard InChI is InChI=1S/C9H14N2OS/c1-7-10-8-6-12-11(2)5-3-4-9(8)13-7/h3-6H2,1-2H3. The smallest absolute Gasteiger partial charge is 0.112 e. The molecule has 0 spiro atoms. The number of hydrogen-bond donors (Lipinski definition) is 0. The van der Waals surface area contributed by atoms with Crippen molar-refractivity contribution in [3.8, 4) is 0 Å². The Morgan fingerprint density at radius 3 is 3.23 bits per heavy atom. The molecular formula is C9H14N2OS. The predicted molar refractivity (Wildman–Crippen MR) is 52.6 cm³/mol. The summed E-state index contributed by atoms with van der Waals surface area (Å²) in [5, 5.41) is 3.05. The first-order chi connectivity index (χ1) is 6.25. The van der Waals surface area contributed by atoms with Gasteiger partial charge >= 0.3 is 0 Å². The number of aromatic nitrogens is 1. The summed E-state index contributed by atoms with van der Waals surface area (Å²) in [5.74, 6) is 0. The Morgan fingerprint density at radius 2 is 2.38 bits per heavy atom. The highest BCUT2D eigenvalue weighted by Gasteiger charge is 2.13. The van der Waals surface area contributed by atoms with Crippen molar-refractivity contribution in [2.24, 2.45) is 0 Å². The molecule has 1 aliphatic rings. The summed E-state index contributed by atoms with van der Waals surface area (Å²) >= 11 is 1.80. The zero-order valence-electron chi connectivity index (χ0n) is 8.04. The van der Waals surface area contributed by atoms with Crippen LogP contribution in [0.4, 0.5) is 0 Å². The molecule has 2 rings (SSSR count). The van der Waals surface area contributed by atoms with Crippen LogP contribution in [0.25, 0.3) is 0 Å². The van der Waals surface area contributed by atoms with Gasteiger partial charge in [-0.05, 0) is 19.8 Å². The fourth-order valence-corrected chi connectivity index (χ4v) is 2.50. The van der Waals surface area contributed by atoms with Crippen molar-refractivity contribution >= 4 is 11.3 Å². The second kappa shape index (κ2) is 3.74. The second-order valence-electron chi connectivity index (χ2n) is 3.33. The summed E-state index contributed by atoms with van der Waals surface area (Å²) in [5.41, 5.74) is 1.13. The van der Waals surface area contributed by atoms with E-state index in [2.05, 4.69) is 11.9 Å². The minimum Gasteiger partial charge on any atom is -0.293 e. The van der Waals surface area contributed by atoms with E-state index in [1.807, 2.05) is 12.1 Å². The van der Waals surface area contributed by atoms with E-state index in [0.29, 0.717) is 6.61 Å². The maximum atomic E-state index is 5.50. The average Bonchev–Trinajstić information content (AvgIpc) is 2.40. The monoisotopic (exact) mass is 198 g/mol. The molecule has 72 valence electrons. The van der Waals surface area contributed by atoms with Gasteiger partial charge in [-0.2, -0.15) is 5.06 Å². The van der Waals surface area contributed by atoms with Gasteiger partial charge in [0.15, 0.2) is 0 Å². The minimum atomic E-state index is 0.635. The van der Waals surface area contributed by atoms with Gasteiger partial charge in [-0.15, -0.1) is 11.3 Å². The lowest BCUT2D eigenvalue weighted by Crippen LogP contribution is -2.22. The van der Waals surface area contributed by atoms with Gasteiger partial charge in [0.25, 0.3) is 0 Å².